The number of amides is 1. The van der Waals surface area contributed by atoms with Crippen LogP contribution in [0.2, 0.25) is 0 Å². The molecule has 1 amide bonds. The summed E-state index contributed by atoms with van der Waals surface area (Å²) in [6.45, 7) is 3.29. The topological polar surface area (TPSA) is 46.6 Å². The standard InChI is InChI=1S/C9H14ClNO3/c1-2-14-8(12)7-3-5-11(6-4-7)9(10)13/h7H,2-6H2,1H3. The molecule has 1 aliphatic heterocycles. The molecule has 0 spiro atoms. The SMILES string of the molecule is CCOC(=O)C1CCN(C(=O)Cl)CC1. The summed E-state index contributed by atoms with van der Waals surface area (Å²) in [6, 6.07) is 0. The van der Waals surface area contributed by atoms with E-state index in [0.29, 0.717) is 32.5 Å². The first kappa shape index (κ1) is 11.3. The van der Waals surface area contributed by atoms with Crippen LogP contribution in [0.25, 0.3) is 0 Å². The molecule has 1 rings (SSSR count). The molecule has 0 bridgehead atoms. The van der Waals surface area contributed by atoms with E-state index in [2.05, 4.69) is 0 Å². The van der Waals surface area contributed by atoms with Crippen molar-refractivity contribution in [1.82, 2.24) is 4.90 Å². The van der Waals surface area contributed by atoms with Crippen molar-refractivity contribution < 1.29 is 14.3 Å². The number of esters is 1. The number of hydrogen-bond acceptors (Lipinski definition) is 3. The van der Waals surface area contributed by atoms with Crippen molar-refractivity contribution in [2.45, 2.75) is 19.8 Å². The third-order valence-electron chi connectivity index (χ3n) is 2.36. The third kappa shape index (κ3) is 2.87. The first-order valence-electron chi connectivity index (χ1n) is 4.76. The van der Waals surface area contributed by atoms with Gasteiger partial charge >= 0.3 is 11.3 Å². The molecule has 0 saturated carbocycles. The molecule has 0 aromatic rings. The lowest BCUT2D eigenvalue weighted by atomic mass is 9.97. The number of carbonyl (C=O) groups is 2. The maximum atomic E-state index is 11.3. The maximum Gasteiger partial charge on any atom is 0.316 e. The lowest BCUT2D eigenvalue weighted by molar-refractivity contribution is -0.149. The van der Waals surface area contributed by atoms with E-state index in [4.69, 9.17) is 16.3 Å². The Bertz CT molecular complexity index is 224. The molecule has 0 aromatic carbocycles. The minimum atomic E-state index is -0.438. The molecule has 14 heavy (non-hydrogen) atoms. The average molecular weight is 220 g/mol. The Morgan fingerprint density at radius 2 is 2.00 bits per heavy atom. The molecular weight excluding hydrogens is 206 g/mol. The Morgan fingerprint density at radius 1 is 1.43 bits per heavy atom. The molecule has 1 aliphatic rings. The predicted octanol–water partition coefficient (Wildman–Crippen LogP) is 1.62. The van der Waals surface area contributed by atoms with Gasteiger partial charge in [0.25, 0.3) is 0 Å². The highest BCUT2D eigenvalue weighted by atomic mass is 35.5. The zero-order valence-corrected chi connectivity index (χ0v) is 8.92. The van der Waals surface area contributed by atoms with Crippen molar-refractivity contribution >= 4 is 22.9 Å². The molecule has 5 heteroatoms. The van der Waals surface area contributed by atoms with Gasteiger partial charge < -0.3 is 9.64 Å². The minimum Gasteiger partial charge on any atom is -0.466 e. The lowest BCUT2D eigenvalue weighted by Gasteiger charge is -2.28. The van der Waals surface area contributed by atoms with E-state index in [0.717, 1.165) is 0 Å². The summed E-state index contributed by atoms with van der Waals surface area (Å²) >= 11 is 5.32. The van der Waals surface area contributed by atoms with Crippen molar-refractivity contribution in [1.29, 1.82) is 0 Å². The van der Waals surface area contributed by atoms with Crippen LogP contribution in [0.3, 0.4) is 0 Å². The molecule has 0 aromatic heterocycles. The lowest BCUT2D eigenvalue weighted by Crippen LogP contribution is -2.38. The average Bonchev–Trinajstić information content (AvgIpc) is 2.18. The summed E-state index contributed by atoms with van der Waals surface area (Å²) in [5, 5.41) is -0.438. The normalized spacial score (nSPS) is 18.0. The minimum absolute atomic E-state index is 0.0674. The Labute approximate surface area is 88.2 Å². The van der Waals surface area contributed by atoms with E-state index < -0.39 is 5.37 Å². The van der Waals surface area contributed by atoms with E-state index in [9.17, 15) is 9.59 Å². The van der Waals surface area contributed by atoms with Crippen molar-refractivity contribution in [3.05, 3.63) is 0 Å². The van der Waals surface area contributed by atoms with E-state index in [1.807, 2.05) is 0 Å². The summed E-state index contributed by atoms with van der Waals surface area (Å²) in [4.78, 5) is 23.6. The summed E-state index contributed by atoms with van der Waals surface area (Å²) in [6.07, 6.45) is 1.30. The van der Waals surface area contributed by atoms with Crippen LogP contribution in [0.5, 0.6) is 0 Å². The van der Waals surface area contributed by atoms with Crippen molar-refractivity contribution in [3.8, 4) is 0 Å². The van der Waals surface area contributed by atoms with Gasteiger partial charge in [0.05, 0.1) is 12.5 Å². The number of piperidine rings is 1. The maximum absolute atomic E-state index is 11.3. The predicted molar refractivity (Wildman–Crippen MR) is 52.2 cm³/mol. The van der Waals surface area contributed by atoms with Gasteiger partial charge in [-0.25, -0.2) is 0 Å². The molecule has 0 aliphatic carbocycles. The smallest absolute Gasteiger partial charge is 0.316 e. The van der Waals surface area contributed by atoms with Gasteiger partial charge in [-0.05, 0) is 31.4 Å². The third-order valence-corrected chi connectivity index (χ3v) is 2.60. The highest BCUT2D eigenvalue weighted by Crippen LogP contribution is 2.19. The fraction of sp³-hybridized carbons (Fsp3) is 0.778. The van der Waals surface area contributed by atoms with Gasteiger partial charge in [-0.2, -0.15) is 0 Å². The van der Waals surface area contributed by atoms with Gasteiger partial charge in [-0.15, -0.1) is 0 Å². The Morgan fingerprint density at radius 3 is 2.43 bits per heavy atom. The molecular formula is C9H14ClNO3. The molecule has 80 valence electrons. The van der Waals surface area contributed by atoms with Crippen LogP contribution in [0, 0.1) is 5.92 Å². The van der Waals surface area contributed by atoms with Gasteiger partial charge in [0.2, 0.25) is 0 Å². The van der Waals surface area contributed by atoms with Gasteiger partial charge in [0.15, 0.2) is 0 Å². The van der Waals surface area contributed by atoms with E-state index in [1.54, 1.807) is 6.92 Å². The van der Waals surface area contributed by atoms with Gasteiger partial charge in [0, 0.05) is 13.1 Å². The second-order valence-corrected chi connectivity index (χ2v) is 3.59. The fourth-order valence-electron chi connectivity index (χ4n) is 1.55. The molecule has 0 unspecified atom stereocenters. The molecule has 4 nitrogen and oxygen atoms in total. The second-order valence-electron chi connectivity index (χ2n) is 3.27. The molecule has 0 atom stereocenters. The monoisotopic (exact) mass is 219 g/mol. The number of rotatable bonds is 2. The molecule has 1 fully saturated rings. The molecule has 0 radical (unpaired) electrons. The van der Waals surface area contributed by atoms with E-state index >= 15 is 0 Å². The highest BCUT2D eigenvalue weighted by molar-refractivity contribution is 6.62. The van der Waals surface area contributed by atoms with E-state index in [-0.39, 0.29) is 11.9 Å². The molecule has 0 N–H and O–H groups in total. The van der Waals surface area contributed by atoms with Crippen LogP contribution < -0.4 is 0 Å². The van der Waals surface area contributed by atoms with Crippen LogP contribution in [0.1, 0.15) is 19.8 Å². The number of halogens is 1. The van der Waals surface area contributed by atoms with Crippen molar-refractivity contribution in [2.24, 2.45) is 5.92 Å². The second kappa shape index (κ2) is 5.20. The first-order valence-corrected chi connectivity index (χ1v) is 5.14. The molecule has 1 saturated heterocycles. The molecule has 1 heterocycles. The van der Waals surface area contributed by atoms with Gasteiger partial charge in [0.1, 0.15) is 0 Å². The van der Waals surface area contributed by atoms with Crippen LogP contribution in [0.4, 0.5) is 4.79 Å². The van der Waals surface area contributed by atoms with Crippen LogP contribution in [-0.2, 0) is 9.53 Å². The zero-order chi connectivity index (χ0) is 10.6. The number of likely N-dealkylation sites (tertiary alicyclic amines) is 1. The van der Waals surface area contributed by atoms with E-state index in [1.165, 1.54) is 4.90 Å². The summed E-state index contributed by atoms with van der Waals surface area (Å²) in [5.74, 6) is -0.226. The van der Waals surface area contributed by atoms with Crippen LogP contribution in [-0.4, -0.2) is 35.9 Å². The summed E-state index contributed by atoms with van der Waals surface area (Å²) < 4.78 is 4.90. The first-order chi connectivity index (χ1) is 6.65. The summed E-state index contributed by atoms with van der Waals surface area (Å²) in [5.41, 5.74) is 0. The highest BCUT2D eigenvalue weighted by Gasteiger charge is 2.27. The Kier molecular flexibility index (Phi) is 4.20. The van der Waals surface area contributed by atoms with Gasteiger partial charge in [-0.1, -0.05) is 0 Å². The quantitative estimate of drug-likeness (QED) is 0.403. The zero-order valence-electron chi connectivity index (χ0n) is 8.16. The van der Waals surface area contributed by atoms with Crippen LogP contribution >= 0.6 is 11.6 Å². The summed E-state index contributed by atoms with van der Waals surface area (Å²) in [7, 11) is 0. The van der Waals surface area contributed by atoms with Crippen molar-refractivity contribution in [2.75, 3.05) is 19.7 Å². The fourth-order valence-corrected chi connectivity index (χ4v) is 1.72. The number of ether oxygens (including phenoxy) is 1. The number of hydrogen-bond donors (Lipinski definition) is 0. The number of nitrogens with zero attached hydrogens (tertiary/aromatic N) is 1. The Balaban J connectivity index is 2.35. The van der Waals surface area contributed by atoms with Crippen LogP contribution in [0.15, 0.2) is 0 Å². The van der Waals surface area contributed by atoms with Crippen molar-refractivity contribution in [3.63, 3.8) is 0 Å². The number of carbonyl (C=O) groups excluding carboxylic acids is 2. The Hall–Kier alpha value is -0.770. The van der Waals surface area contributed by atoms with Gasteiger partial charge in [-0.3, -0.25) is 9.59 Å². The largest absolute Gasteiger partial charge is 0.466 e.